The van der Waals surface area contributed by atoms with Crippen LogP contribution in [0.2, 0.25) is 0 Å². The van der Waals surface area contributed by atoms with E-state index in [9.17, 15) is 4.79 Å². The number of aryl methyl sites for hydroxylation is 1. The van der Waals surface area contributed by atoms with Crippen LogP contribution >= 0.6 is 0 Å². The minimum absolute atomic E-state index is 0.0717. The molecule has 11 heavy (non-hydrogen) atoms. The maximum atomic E-state index is 11.0. The summed E-state index contributed by atoms with van der Waals surface area (Å²) in [6.07, 6.45) is 0.913. The highest BCUT2D eigenvalue weighted by molar-refractivity contribution is 6.62. The van der Waals surface area contributed by atoms with Crippen LogP contribution in [0.25, 0.3) is 0 Å². The van der Waals surface area contributed by atoms with Gasteiger partial charge in [-0.15, -0.1) is 0 Å². The minimum atomic E-state index is 0.0717. The average molecular weight is 160 g/mol. The van der Waals surface area contributed by atoms with Gasteiger partial charge in [0.05, 0.1) is 4.65 Å². The molecule has 1 aromatic rings. The summed E-state index contributed by atoms with van der Waals surface area (Å²) >= 11 is 2.20. The largest absolute Gasteiger partial charge is 0.318 e. The lowest BCUT2D eigenvalue weighted by atomic mass is 10.1. The molecule has 2 heteroatoms. The fraction of sp³-hybridized carbons (Fsp3) is 0.222. The summed E-state index contributed by atoms with van der Waals surface area (Å²) in [5.74, 6) is 0. The molecule has 0 fully saturated rings. The summed E-state index contributed by atoms with van der Waals surface area (Å²) < 4.78 is 0.0717. The van der Waals surface area contributed by atoms with E-state index in [2.05, 4.69) is 16.3 Å². The monoisotopic (exact) mass is 160 g/mol. The third-order valence-electron chi connectivity index (χ3n) is 1.66. The molecule has 0 unspecified atom stereocenters. The van der Waals surface area contributed by atoms with Crippen molar-refractivity contribution < 1.29 is 4.79 Å². The Morgan fingerprint density at radius 3 is 2.55 bits per heavy atom. The molecule has 0 aliphatic carbocycles. The van der Waals surface area contributed by atoms with Gasteiger partial charge < -0.3 is 4.79 Å². The smallest absolute Gasteiger partial charge is 0.250 e. The molecule has 0 heterocycles. The normalized spacial score (nSPS) is 9.55. The third-order valence-corrected chi connectivity index (χ3v) is 1.97. The lowest BCUT2D eigenvalue weighted by Gasteiger charge is -2.02. The van der Waals surface area contributed by atoms with Crippen molar-refractivity contribution in [2.45, 2.75) is 13.3 Å². The van der Waals surface area contributed by atoms with Crippen LogP contribution < -0.4 is 0 Å². The number of carbonyl (C=O) groups is 1. The Kier molecular flexibility index (Phi) is 2.87. The lowest BCUT2D eigenvalue weighted by molar-refractivity contribution is 0.108. The summed E-state index contributed by atoms with van der Waals surface area (Å²) in [6.45, 7) is 2.05. The molecule has 0 atom stereocenters. The molecule has 0 aliphatic heterocycles. The maximum Gasteiger partial charge on any atom is 0.250 e. The molecular formula is C9H9AlO. The Morgan fingerprint density at radius 1 is 1.45 bits per heavy atom. The highest BCUT2D eigenvalue weighted by Crippen LogP contribution is 2.08. The molecular weight excluding hydrogens is 151 g/mol. The molecule has 0 saturated heterocycles. The van der Waals surface area contributed by atoms with Crippen LogP contribution in [0.5, 0.6) is 0 Å². The van der Waals surface area contributed by atoms with Gasteiger partial charge in [-0.25, -0.2) is 0 Å². The highest BCUT2D eigenvalue weighted by atomic mass is 27.0. The van der Waals surface area contributed by atoms with E-state index in [1.807, 2.05) is 31.2 Å². The fourth-order valence-corrected chi connectivity index (χ4v) is 1.35. The first-order valence-electron chi connectivity index (χ1n) is 3.63. The Hall–Kier alpha value is -0.578. The molecule has 0 amide bonds. The van der Waals surface area contributed by atoms with Gasteiger partial charge in [-0.05, 0) is 17.5 Å². The van der Waals surface area contributed by atoms with E-state index in [4.69, 9.17) is 0 Å². The second kappa shape index (κ2) is 3.71. The molecule has 1 rings (SSSR count). The van der Waals surface area contributed by atoms with Crippen molar-refractivity contribution in [1.29, 1.82) is 0 Å². The van der Waals surface area contributed by atoms with Gasteiger partial charge in [-0.1, -0.05) is 31.2 Å². The van der Waals surface area contributed by atoms with E-state index in [0.29, 0.717) is 0 Å². The summed E-state index contributed by atoms with van der Waals surface area (Å²) in [7, 11) is 0. The van der Waals surface area contributed by atoms with E-state index < -0.39 is 0 Å². The van der Waals surface area contributed by atoms with Gasteiger partial charge in [0.25, 0.3) is 16.3 Å². The SMILES string of the molecule is CCc1ccccc1[C](=O)[Al]. The predicted octanol–water partition coefficient (Wildman–Crippen LogP) is 1.56. The number of rotatable bonds is 2. The van der Waals surface area contributed by atoms with E-state index in [1.165, 1.54) is 0 Å². The number of hydrogen-bond acceptors (Lipinski definition) is 1. The van der Waals surface area contributed by atoms with Crippen molar-refractivity contribution in [2.75, 3.05) is 0 Å². The first-order chi connectivity index (χ1) is 5.25. The Labute approximate surface area is 74.8 Å². The molecule has 1 aromatic carbocycles. The van der Waals surface area contributed by atoms with Crippen LogP contribution in [0, 0.1) is 0 Å². The van der Waals surface area contributed by atoms with Crippen LogP contribution in [0.4, 0.5) is 0 Å². The molecule has 0 aliphatic rings. The molecule has 0 aromatic heterocycles. The fourth-order valence-electron chi connectivity index (χ4n) is 1.07. The number of carbonyl (C=O) groups excluding carboxylic acids is 1. The van der Waals surface area contributed by atoms with Crippen LogP contribution in [0.3, 0.4) is 0 Å². The Balaban J connectivity index is 3.12. The van der Waals surface area contributed by atoms with Crippen molar-refractivity contribution in [3.8, 4) is 0 Å². The Morgan fingerprint density at radius 2 is 2.09 bits per heavy atom. The zero-order valence-corrected chi connectivity index (χ0v) is 7.66. The maximum absolute atomic E-state index is 11.0. The Bertz CT molecular complexity index is 268. The predicted molar refractivity (Wildman–Crippen MR) is 45.9 cm³/mol. The summed E-state index contributed by atoms with van der Waals surface area (Å²) in [6, 6.07) is 7.68. The topological polar surface area (TPSA) is 17.1 Å². The standard InChI is InChI=1S/C9H9O.Al/c1-2-8-5-3-4-6-9(8)7-10;/h3-6H,2H2,1H3;. The van der Waals surface area contributed by atoms with Crippen molar-refractivity contribution >= 4 is 20.9 Å². The van der Waals surface area contributed by atoms with Crippen LogP contribution in [-0.4, -0.2) is 20.9 Å². The molecule has 1 nitrogen and oxygen atoms in total. The zero-order valence-electron chi connectivity index (χ0n) is 6.50. The van der Waals surface area contributed by atoms with Gasteiger partial charge in [-0.3, -0.25) is 0 Å². The lowest BCUT2D eigenvalue weighted by Crippen LogP contribution is -2.01. The summed E-state index contributed by atoms with van der Waals surface area (Å²) in [5.41, 5.74) is 1.94. The van der Waals surface area contributed by atoms with Gasteiger partial charge in [-0.2, -0.15) is 0 Å². The second-order valence-corrected chi connectivity index (χ2v) is 2.90. The number of benzene rings is 1. The van der Waals surface area contributed by atoms with Gasteiger partial charge in [0.15, 0.2) is 0 Å². The summed E-state index contributed by atoms with van der Waals surface area (Å²) in [4.78, 5) is 11.0. The number of hydrogen-bond donors (Lipinski definition) is 0. The first-order valence-corrected chi connectivity index (χ1v) is 4.21. The quantitative estimate of drug-likeness (QED) is 0.600. The van der Waals surface area contributed by atoms with E-state index >= 15 is 0 Å². The molecule has 0 saturated carbocycles. The highest BCUT2D eigenvalue weighted by Gasteiger charge is 2.01. The van der Waals surface area contributed by atoms with E-state index in [0.717, 1.165) is 17.5 Å². The minimum Gasteiger partial charge on any atom is -0.318 e. The van der Waals surface area contributed by atoms with Gasteiger partial charge in [0, 0.05) is 0 Å². The van der Waals surface area contributed by atoms with Crippen molar-refractivity contribution in [1.82, 2.24) is 0 Å². The molecule has 0 N–H and O–H groups in total. The van der Waals surface area contributed by atoms with Crippen LogP contribution in [0.1, 0.15) is 22.8 Å². The molecule has 0 spiro atoms. The van der Waals surface area contributed by atoms with E-state index in [1.54, 1.807) is 0 Å². The summed E-state index contributed by atoms with van der Waals surface area (Å²) in [5, 5.41) is 0. The van der Waals surface area contributed by atoms with Gasteiger partial charge in [0.2, 0.25) is 0 Å². The van der Waals surface area contributed by atoms with Crippen molar-refractivity contribution in [3.05, 3.63) is 35.4 Å². The van der Waals surface area contributed by atoms with E-state index in [-0.39, 0.29) is 4.65 Å². The van der Waals surface area contributed by atoms with Crippen molar-refractivity contribution in [2.24, 2.45) is 0 Å². The second-order valence-electron chi connectivity index (χ2n) is 2.37. The van der Waals surface area contributed by atoms with Gasteiger partial charge >= 0.3 is 0 Å². The third kappa shape index (κ3) is 1.92. The average Bonchev–Trinajstić information content (AvgIpc) is 2.04. The first kappa shape index (κ1) is 8.52. The van der Waals surface area contributed by atoms with Crippen LogP contribution in [0.15, 0.2) is 24.3 Å². The molecule has 54 valence electrons. The van der Waals surface area contributed by atoms with Crippen molar-refractivity contribution in [3.63, 3.8) is 0 Å². The zero-order chi connectivity index (χ0) is 8.27. The molecule has 0 bridgehead atoms. The van der Waals surface area contributed by atoms with Crippen LogP contribution in [-0.2, 0) is 6.42 Å². The molecule has 2 radical (unpaired) electrons. The van der Waals surface area contributed by atoms with Gasteiger partial charge in [0.1, 0.15) is 0 Å².